The van der Waals surface area contributed by atoms with E-state index in [1.807, 2.05) is 11.8 Å². The van der Waals surface area contributed by atoms with E-state index in [0.29, 0.717) is 5.92 Å². The van der Waals surface area contributed by atoms with Crippen LogP contribution in [0.15, 0.2) is 11.4 Å². The van der Waals surface area contributed by atoms with Gasteiger partial charge in [0.25, 0.3) is 0 Å². The van der Waals surface area contributed by atoms with Crippen LogP contribution >= 0.6 is 23.1 Å². The Kier molecular flexibility index (Phi) is 2.96. The van der Waals surface area contributed by atoms with E-state index in [-0.39, 0.29) is 6.10 Å². The molecule has 72 valence electrons. The highest BCUT2D eigenvalue weighted by atomic mass is 32.2. The van der Waals surface area contributed by atoms with E-state index >= 15 is 0 Å². The molecule has 1 aliphatic rings. The van der Waals surface area contributed by atoms with Gasteiger partial charge in [-0.2, -0.15) is 11.8 Å². The maximum absolute atomic E-state index is 10.1. The van der Waals surface area contributed by atoms with E-state index in [1.54, 1.807) is 11.3 Å². The Morgan fingerprint density at radius 1 is 1.62 bits per heavy atom. The molecule has 1 fully saturated rings. The van der Waals surface area contributed by atoms with Crippen LogP contribution in [0.2, 0.25) is 0 Å². The molecule has 1 saturated heterocycles. The molecular weight excluding hydrogens is 200 g/mol. The molecule has 3 heteroatoms. The molecule has 2 rings (SSSR count). The molecule has 1 aromatic rings. The molecule has 0 radical (unpaired) electrons. The first-order valence-corrected chi connectivity index (χ1v) is 6.62. The average molecular weight is 214 g/mol. The largest absolute Gasteiger partial charge is 0.388 e. The number of hydrogen-bond acceptors (Lipinski definition) is 3. The number of thioether (sulfide) groups is 1. The topological polar surface area (TPSA) is 20.2 Å². The predicted molar refractivity (Wildman–Crippen MR) is 59.4 cm³/mol. The lowest BCUT2D eigenvalue weighted by atomic mass is 9.96. The second-order valence-corrected chi connectivity index (χ2v) is 5.77. The third kappa shape index (κ3) is 1.92. The molecule has 0 aromatic carbocycles. The molecular formula is C10H14OS2. The summed E-state index contributed by atoms with van der Waals surface area (Å²) >= 11 is 3.68. The minimum Gasteiger partial charge on any atom is -0.388 e. The van der Waals surface area contributed by atoms with Gasteiger partial charge < -0.3 is 5.11 Å². The molecule has 2 atom stereocenters. The van der Waals surface area contributed by atoms with Gasteiger partial charge in [-0.15, -0.1) is 11.3 Å². The van der Waals surface area contributed by atoms with E-state index in [0.717, 1.165) is 11.3 Å². The van der Waals surface area contributed by atoms with Crippen molar-refractivity contribution in [2.24, 2.45) is 5.92 Å². The van der Waals surface area contributed by atoms with E-state index in [9.17, 15) is 5.11 Å². The first-order chi connectivity index (χ1) is 6.29. The van der Waals surface area contributed by atoms with Crippen molar-refractivity contribution in [3.63, 3.8) is 0 Å². The highest BCUT2D eigenvalue weighted by Crippen LogP contribution is 2.36. The Morgan fingerprint density at radius 3 is 3.00 bits per heavy atom. The molecule has 0 saturated carbocycles. The van der Waals surface area contributed by atoms with Crippen molar-refractivity contribution < 1.29 is 5.11 Å². The van der Waals surface area contributed by atoms with Crippen LogP contribution in [0.25, 0.3) is 0 Å². The third-order valence-electron chi connectivity index (χ3n) is 2.63. The quantitative estimate of drug-likeness (QED) is 0.817. The highest BCUT2D eigenvalue weighted by molar-refractivity contribution is 7.99. The molecule has 0 amide bonds. The lowest BCUT2D eigenvalue weighted by Gasteiger charge is -2.16. The second kappa shape index (κ2) is 4.03. The monoisotopic (exact) mass is 214 g/mol. The summed E-state index contributed by atoms with van der Waals surface area (Å²) in [6.45, 7) is 2.09. The lowest BCUT2D eigenvalue weighted by molar-refractivity contribution is 0.121. The molecule has 1 aromatic heterocycles. The van der Waals surface area contributed by atoms with Crippen molar-refractivity contribution in [2.75, 3.05) is 11.5 Å². The number of aryl methyl sites for hydroxylation is 1. The van der Waals surface area contributed by atoms with Gasteiger partial charge in [-0.3, -0.25) is 0 Å². The van der Waals surface area contributed by atoms with Crippen LogP contribution in [0.5, 0.6) is 0 Å². The molecule has 1 aliphatic heterocycles. The van der Waals surface area contributed by atoms with E-state index in [1.165, 1.54) is 17.1 Å². The first kappa shape index (κ1) is 9.56. The molecule has 0 bridgehead atoms. The molecule has 2 unspecified atom stereocenters. The van der Waals surface area contributed by atoms with Crippen LogP contribution < -0.4 is 0 Å². The average Bonchev–Trinajstić information content (AvgIpc) is 2.72. The fourth-order valence-corrected chi connectivity index (χ4v) is 3.79. The van der Waals surface area contributed by atoms with Crippen molar-refractivity contribution in [1.29, 1.82) is 0 Å². The van der Waals surface area contributed by atoms with Crippen LogP contribution in [0.1, 0.15) is 23.0 Å². The summed E-state index contributed by atoms with van der Waals surface area (Å²) in [7, 11) is 0. The van der Waals surface area contributed by atoms with Crippen LogP contribution in [-0.4, -0.2) is 16.6 Å². The van der Waals surface area contributed by atoms with Gasteiger partial charge >= 0.3 is 0 Å². The number of aliphatic hydroxyl groups is 1. The number of thiophene rings is 1. The molecule has 0 spiro atoms. The third-order valence-corrected chi connectivity index (χ3v) is 4.68. The summed E-state index contributed by atoms with van der Waals surface area (Å²) in [4.78, 5) is 1.27. The predicted octanol–water partition coefficient (Wildman–Crippen LogP) is 2.84. The van der Waals surface area contributed by atoms with Gasteiger partial charge in [-0.25, -0.2) is 0 Å². The van der Waals surface area contributed by atoms with Gasteiger partial charge in [0.05, 0.1) is 6.10 Å². The van der Waals surface area contributed by atoms with Gasteiger partial charge in [0.15, 0.2) is 0 Å². The fraction of sp³-hybridized carbons (Fsp3) is 0.600. The van der Waals surface area contributed by atoms with Crippen LogP contribution in [0.4, 0.5) is 0 Å². The van der Waals surface area contributed by atoms with Crippen molar-refractivity contribution in [3.8, 4) is 0 Å². The van der Waals surface area contributed by atoms with E-state index < -0.39 is 0 Å². The number of rotatable bonds is 2. The number of hydrogen-bond donors (Lipinski definition) is 1. The smallest absolute Gasteiger partial charge is 0.0836 e. The van der Waals surface area contributed by atoms with Crippen molar-refractivity contribution >= 4 is 23.1 Å². The van der Waals surface area contributed by atoms with Crippen LogP contribution in [0.3, 0.4) is 0 Å². The minimum atomic E-state index is -0.221. The first-order valence-electron chi connectivity index (χ1n) is 4.59. The summed E-state index contributed by atoms with van der Waals surface area (Å²) in [5, 5.41) is 12.1. The summed E-state index contributed by atoms with van der Waals surface area (Å²) < 4.78 is 0. The van der Waals surface area contributed by atoms with Crippen molar-refractivity contribution in [3.05, 3.63) is 21.9 Å². The standard InChI is InChI=1S/C10H14OS2/c1-7-9(3-5-13-7)10(11)8-2-4-12-6-8/h3,5,8,10-11H,2,4,6H2,1H3. The Labute approximate surface area is 87.2 Å². The van der Waals surface area contributed by atoms with Gasteiger partial charge in [0.1, 0.15) is 0 Å². The van der Waals surface area contributed by atoms with E-state index in [4.69, 9.17) is 0 Å². The number of aliphatic hydroxyl groups excluding tert-OH is 1. The van der Waals surface area contributed by atoms with Gasteiger partial charge in [-0.1, -0.05) is 0 Å². The van der Waals surface area contributed by atoms with E-state index in [2.05, 4.69) is 18.4 Å². The Bertz CT molecular complexity index is 276. The van der Waals surface area contributed by atoms with Crippen LogP contribution in [-0.2, 0) is 0 Å². The van der Waals surface area contributed by atoms with Gasteiger partial charge in [0, 0.05) is 4.88 Å². The molecule has 1 N–H and O–H groups in total. The maximum atomic E-state index is 10.1. The fourth-order valence-electron chi connectivity index (χ4n) is 1.76. The molecule has 1 nitrogen and oxygen atoms in total. The summed E-state index contributed by atoms with van der Waals surface area (Å²) in [6, 6.07) is 2.06. The summed E-state index contributed by atoms with van der Waals surface area (Å²) in [6.07, 6.45) is 0.947. The van der Waals surface area contributed by atoms with Gasteiger partial charge in [-0.05, 0) is 47.8 Å². The Morgan fingerprint density at radius 2 is 2.46 bits per heavy atom. The summed E-state index contributed by atoms with van der Waals surface area (Å²) in [5.74, 6) is 2.82. The SMILES string of the molecule is Cc1sccc1C(O)C1CCSC1. The van der Waals surface area contributed by atoms with Crippen molar-refractivity contribution in [2.45, 2.75) is 19.4 Å². The summed E-state index contributed by atoms with van der Waals surface area (Å²) in [5.41, 5.74) is 1.15. The Balaban J connectivity index is 2.12. The minimum absolute atomic E-state index is 0.221. The molecule has 0 aliphatic carbocycles. The second-order valence-electron chi connectivity index (χ2n) is 3.50. The molecule has 2 heterocycles. The van der Waals surface area contributed by atoms with Crippen LogP contribution in [0, 0.1) is 12.8 Å². The molecule has 13 heavy (non-hydrogen) atoms. The lowest BCUT2D eigenvalue weighted by Crippen LogP contribution is -2.11. The normalized spacial score (nSPS) is 24.9. The maximum Gasteiger partial charge on any atom is 0.0836 e. The zero-order valence-corrected chi connectivity index (χ0v) is 9.33. The van der Waals surface area contributed by atoms with Gasteiger partial charge in [0.2, 0.25) is 0 Å². The zero-order valence-electron chi connectivity index (χ0n) is 7.69. The Hall–Kier alpha value is 0.01000. The highest BCUT2D eigenvalue weighted by Gasteiger charge is 2.26. The zero-order chi connectivity index (χ0) is 9.26. The van der Waals surface area contributed by atoms with Crippen molar-refractivity contribution in [1.82, 2.24) is 0 Å².